The van der Waals surface area contributed by atoms with Gasteiger partial charge in [0.15, 0.2) is 0 Å². The summed E-state index contributed by atoms with van der Waals surface area (Å²) >= 11 is 6.21. The zero-order valence-electron chi connectivity index (χ0n) is 15.7. The molecule has 0 aliphatic rings. The molecule has 0 unspecified atom stereocenters. The largest absolute Gasteiger partial charge is 0.481 e. The minimum absolute atomic E-state index is 0.0391. The van der Waals surface area contributed by atoms with Gasteiger partial charge in [-0.15, -0.1) is 0 Å². The number of carbonyl (C=O) groups is 1. The molecule has 28 heavy (non-hydrogen) atoms. The molecule has 152 valence electrons. The highest BCUT2D eigenvalue weighted by Crippen LogP contribution is 2.27. The Hall–Kier alpha value is -1.89. The highest BCUT2D eigenvalue weighted by atomic mass is 35.5. The Morgan fingerprint density at radius 2 is 1.64 bits per heavy atom. The summed E-state index contributed by atoms with van der Waals surface area (Å²) in [6.45, 7) is 0.390. The summed E-state index contributed by atoms with van der Waals surface area (Å²) < 4.78 is 26.8. The minimum Gasteiger partial charge on any atom is -0.481 e. The van der Waals surface area contributed by atoms with E-state index in [2.05, 4.69) is 4.72 Å². The van der Waals surface area contributed by atoms with Gasteiger partial charge in [0.25, 0.3) is 0 Å². The summed E-state index contributed by atoms with van der Waals surface area (Å²) in [5, 5.41) is 9.25. The standard InChI is InChI=1S/C21H26ClNO4S/c22-20-8-5-4-7-19(20)18-12-10-17(11-13-18)14-16-28(26,27)23-15-6-2-1-3-9-21(24)25/h4-5,7-8,10-13,23H,1-3,6,9,14-16H2,(H,24,25). The molecule has 0 amide bonds. The maximum Gasteiger partial charge on any atom is 0.303 e. The highest BCUT2D eigenvalue weighted by Gasteiger charge is 2.10. The lowest BCUT2D eigenvalue weighted by molar-refractivity contribution is -0.137. The lowest BCUT2D eigenvalue weighted by Crippen LogP contribution is -2.28. The molecule has 5 nitrogen and oxygen atoms in total. The Balaban J connectivity index is 1.73. The van der Waals surface area contributed by atoms with Crippen LogP contribution in [0.3, 0.4) is 0 Å². The van der Waals surface area contributed by atoms with Crippen LogP contribution in [0.4, 0.5) is 0 Å². The zero-order chi connectivity index (χ0) is 20.4. The van der Waals surface area contributed by atoms with Crippen LogP contribution in [-0.2, 0) is 21.2 Å². The average molecular weight is 424 g/mol. The van der Waals surface area contributed by atoms with E-state index >= 15 is 0 Å². The second kappa shape index (κ2) is 11.2. The van der Waals surface area contributed by atoms with E-state index in [9.17, 15) is 13.2 Å². The maximum absolute atomic E-state index is 12.1. The summed E-state index contributed by atoms with van der Waals surface area (Å²) in [6, 6.07) is 15.4. The maximum atomic E-state index is 12.1. The number of aryl methyl sites for hydroxylation is 1. The predicted octanol–water partition coefficient (Wildman–Crippen LogP) is 4.50. The number of carboxylic acid groups (broad SMARTS) is 1. The van der Waals surface area contributed by atoms with Gasteiger partial charge in [-0.2, -0.15) is 0 Å². The highest BCUT2D eigenvalue weighted by molar-refractivity contribution is 7.89. The molecule has 0 aliphatic carbocycles. The third-order valence-corrected chi connectivity index (χ3v) is 6.15. The monoisotopic (exact) mass is 423 g/mol. The molecule has 0 aliphatic heterocycles. The van der Waals surface area contributed by atoms with Crippen molar-refractivity contribution in [2.24, 2.45) is 0 Å². The molecule has 2 N–H and O–H groups in total. The van der Waals surface area contributed by atoms with Crippen molar-refractivity contribution in [1.29, 1.82) is 0 Å². The van der Waals surface area contributed by atoms with Crippen LogP contribution in [-0.4, -0.2) is 31.8 Å². The number of hydrogen-bond acceptors (Lipinski definition) is 3. The second-order valence-corrected chi connectivity index (χ2v) is 9.03. The van der Waals surface area contributed by atoms with Crippen molar-refractivity contribution < 1.29 is 18.3 Å². The van der Waals surface area contributed by atoms with Crippen molar-refractivity contribution in [2.75, 3.05) is 12.3 Å². The third kappa shape index (κ3) is 8.00. The number of nitrogens with one attached hydrogen (secondary N) is 1. The van der Waals surface area contributed by atoms with E-state index in [0.29, 0.717) is 30.8 Å². The van der Waals surface area contributed by atoms with Crippen LogP contribution >= 0.6 is 11.6 Å². The summed E-state index contributed by atoms with van der Waals surface area (Å²) in [4.78, 5) is 10.4. The van der Waals surface area contributed by atoms with Crippen molar-refractivity contribution in [2.45, 2.75) is 38.5 Å². The van der Waals surface area contributed by atoms with Gasteiger partial charge >= 0.3 is 5.97 Å². The molecule has 2 aromatic carbocycles. The third-order valence-electron chi connectivity index (χ3n) is 4.44. The SMILES string of the molecule is O=C(O)CCCCCCNS(=O)(=O)CCc1ccc(-c2ccccc2Cl)cc1. The van der Waals surface area contributed by atoms with Crippen molar-refractivity contribution in [1.82, 2.24) is 4.72 Å². The van der Waals surface area contributed by atoms with Gasteiger partial charge < -0.3 is 5.11 Å². The van der Waals surface area contributed by atoms with Crippen molar-refractivity contribution in [3.8, 4) is 11.1 Å². The first-order chi connectivity index (χ1) is 13.4. The van der Waals surface area contributed by atoms with Crippen LogP contribution in [0.25, 0.3) is 11.1 Å². The van der Waals surface area contributed by atoms with Crippen molar-refractivity contribution in [3.05, 3.63) is 59.1 Å². The van der Waals surface area contributed by atoms with Gasteiger partial charge in [-0.1, -0.05) is 66.9 Å². The van der Waals surface area contributed by atoms with Gasteiger partial charge in [-0.05, 0) is 36.5 Å². The molecule has 0 saturated carbocycles. The Labute approximate surface area is 171 Å². The van der Waals surface area contributed by atoms with Crippen molar-refractivity contribution in [3.63, 3.8) is 0 Å². The molecule has 7 heteroatoms. The van der Waals surface area contributed by atoms with Crippen LogP contribution in [0.15, 0.2) is 48.5 Å². The zero-order valence-corrected chi connectivity index (χ0v) is 17.3. The summed E-state index contributed by atoms with van der Waals surface area (Å²) in [7, 11) is -3.32. The molecular formula is C21H26ClNO4S. The Bertz CT molecular complexity index is 866. The van der Waals surface area contributed by atoms with Crippen LogP contribution in [0.5, 0.6) is 0 Å². The molecule has 0 saturated heterocycles. The fourth-order valence-electron chi connectivity index (χ4n) is 2.85. The Morgan fingerprint density at radius 1 is 0.964 bits per heavy atom. The van der Waals surface area contributed by atoms with Gasteiger partial charge in [-0.25, -0.2) is 13.1 Å². The number of sulfonamides is 1. The molecule has 0 fully saturated rings. The number of unbranched alkanes of at least 4 members (excludes halogenated alkanes) is 3. The Kier molecular flexibility index (Phi) is 8.96. The minimum atomic E-state index is -3.32. The van der Waals surface area contributed by atoms with Crippen LogP contribution in [0.1, 0.15) is 37.7 Å². The van der Waals surface area contributed by atoms with Gasteiger partial charge in [0.1, 0.15) is 0 Å². The van der Waals surface area contributed by atoms with E-state index in [1.165, 1.54) is 0 Å². The smallest absolute Gasteiger partial charge is 0.303 e. The Morgan fingerprint density at radius 3 is 2.32 bits per heavy atom. The first-order valence-electron chi connectivity index (χ1n) is 9.40. The normalized spacial score (nSPS) is 11.5. The number of benzene rings is 2. The molecular weight excluding hydrogens is 398 g/mol. The lowest BCUT2D eigenvalue weighted by atomic mass is 10.0. The molecule has 0 radical (unpaired) electrons. The molecule has 2 rings (SSSR count). The fourth-order valence-corrected chi connectivity index (χ4v) is 4.20. The first-order valence-corrected chi connectivity index (χ1v) is 11.4. The van der Waals surface area contributed by atoms with Crippen molar-refractivity contribution >= 4 is 27.6 Å². The number of aliphatic carboxylic acids is 1. The quantitative estimate of drug-likeness (QED) is 0.492. The van der Waals surface area contributed by atoms with E-state index in [-0.39, 0.29) is 12.2 Å². The second-order valence-electron chi connectivity index (χ2n) is 6.70. The van der Waals surface area contributed by atoms with Gasteiger partial charge in [0.2, 0.25) is 10.0 Å². The van der Waals surface area contributed by atoms with Gasteiger partial charge in [-0.3, -0.25) is 4.79 Å². The molecule has 0 bridgehead atoms. The van der Waals surface area contributed by atoms with Gasteiger partial charge in [0, 0.05) is 23.6 Å². The van der Waals surface area contributed by atoms with Crippen LogP contribution < -0.4 is 4.72 Å². The topological polar surface area (TPSA) is 83.5 Å². The van der Waals surface area contributed by atoms with E-state index < -0.39 is 16.0 Å². The number of carboxylic acids is 1. The van der Waals surface area contributed by atoms with E-state index in [1.54, 1.807) is 0 Å². The van der Waals surface area contributed by atoms with E-state index in [4.69, 9.17) is 16.7 Å². The molecule has 0 atom stereocenters. The summed E-state index contributed by atoms with van der Waals surface area (Å²) in [5.74, 6) is -0.752. The van der Waals surface area contributed by atoms with E-state index in [0.717, 1.165) is 29.5 Å². The number of hydrogen-bond donors (Lipinski definition) is 2. The lowest BCUT2D eigenvalue weighted by Gasteiger charge is -2.08. The molecule has 2 aromatic rings. The predicted molar refractivity (Wildman–Crippen MR) is 113 cm³/mol. The van der Waals surface area contributed by atoms with Crippen LogP contribution in [0.2, 0.25) is 5.02 Å². The van der Waals surface area contributed by atoms with E-state index in [1.807, 2.05) is 48.5 Å². The van der Waals surface area contributed by atoms with Crippen LogP contribution in [0, 0.1) is 0 Å². The summed E-state index contributed by atoms with van der Waals surface area (Å²) in [5.41, 5.74) is 2.90. The van der Waals surface area contributed by atoms with Gasteiger partial charge in [0.05, 0.1) is 5.75 Å². The number of halogens is 1. The molecule has 0 spiro atoms. The summed E-state index contributed by atoms with van der Waals surface area (Å²) in [6.07, 6.45) is 3.57. The molecule has 0 aromatic heterocycles. The fraction of sp³-hybridized carbons (Fsp3) is 0.381. The number of rotatable bonds is 12. The average Bonchev–Trinajstić information content (AvgIpc) is 2.66. The molecule has 0 heterocycles. The first kappa shape index (κ1) is 22.4.